The van der Waals surface area contributed by atoms with Gasteiger partial charge in [-0.25, -0.2) is 0 Å². The van der Waals surface area contributed by atoms with Crippen molar-refractivity contribution in [2.75, 3.05) is 18.1 Å². The third kappa shape index (κ3) is 2.77. The third-order valence-corrected chi connectivity index (χ3v) is 5.96. The molecular weight excluding hydrogens is 438 g/mol. The number of carboxylic acid groups (broad SMARTS) is 1. The minimum Gasteiger partial charge on any atom is -0.494 e. The maximum absolute atomic E-state index is 14.1. The summed E-state index contributed by atoms with van der Waals surface area (Å²) in [6.45, 7) is 1.81. The second kappa shape index (κ2) is 7.67. The van der Waals surface area contributed by atoms with E-state index in [1.165, 1.54) is 0 Å². The number of nitrogens with zero attached hydrogens (tertiary/aromatic N) is 3. The van der Waals surface area contributed by atoms with Gasteiger partial charge in [0.15, 0.2) is 0 Å². The number of aromatic amines is 1. The Balaban J connectivity index is 1.81. The molecule has 1 amide bonds. The third-order valence-electron chi connectivity index (χ3n) is 5.96. The Kier molecular flexibility index (Phi) is 4.76. The molecule has 0 fully saturated rings. The van der Waals surface area contributed by atoms with Gasteiger partial charge in [-0.3, -0.25) is 19.6 Å². The number of H-pyrrole nitrogens is 1. The number of amides is 1. The van der Waals surface area contributed by atoms with Crippen LogP contribution < -0.4 is 20.1 Å². The van der Waals surface area contributed by atoms with Crippen molar-refractivity contribution in [2.45, 2.75) is 12.3 Å². The molecule has 10 nitrogen and oxygen atoms in total. The molecule has 0 saturated heterocycles. The van der Waals surface area contributed by atoms with Crippen LogP contribution in [0.3, 0.4) is 0 Å². The molecular formula is C24H19N5O5. The quantitative estimate of drug-likeness (QED) is 0.527. The summed E-state index contributed by atoms with van der Waals surface area (Å²) in [6, 6.07) is 15.9. The van der Waals surface area contributed by atoms with E-state index in [9.17, 15) is 20.0 Å². The molecule has 5 rings (SSSR count). The van der Waals surface area contributed by atoms with Gasteiger partial charge >= 0.3 is 5.97 Å². The predicted molar refractivity (Wildman–Crippen MR) is 120 cm³/mol. The normalized spacial score (nSPS) is 18.4. The number of nitrogens with two attached hydrogens (primary N) is 1. The number of aromatic nitrogens is 2. The van der Waals surface area contributed by atoms with Gasteiger partial charge in [-0.05, 0) is 37.3 Å². The molecule has 4 N–H and O–H groups in total. The highest BCUT2D eigenvalue weighted by Crippen LogP contribution is 2.56. The summed E-state index contributed by atoms with van der Waals surface area (Å²) in [7, 11) is 0. The van der Waals surface area contributed by atoms with Crippen molar-refractivity contribution in [3.05, 3.63) is 71.1 Å². The number of aliphatic carboxylic acids is 1. The lowest BCUT2D eigenvalue weighted by Crippen LogP contribution is -2.47. The van der Waals surface area contributed by atoms with Gasteiger partial charge in [0.2, 0.25) is 17.7 Å². The molecule has 10 heteroatoms. The highest BCUT2D eigenvalue weighted by molar-refractivity contribution is 6.16. The summed E-state index contributed by atoms with van der Waals surface area (Å²) in [5.41, 5.74) is 6.47. The average Bonchev–Trinajstić information content (AvgIpc) is 3.34. The molecule has 1 unspecified atom stereocenters. The lowest BCUT2D eigenvalue weighted by atomic mass is 9.68. The number of ether oxygens (including phenoxy) is 2. The van der Waals surface area contributed by atoms with E-state index in [1.54, 1.807) is 48.5 Å². The van der Waals surface area contributed by atoms with Crippen LogP contribution >= 0.6 is 0 Å². The molecule has 3 aromatic rings. The van der Waals surface area contributed by atoms with Gasteiger partial charge < -0.3 is 20.3 Å². The van der Waals surface area contributed by atoms with E-state index in [-0.39, 0.29) is 17.3 Å². The SMILES string of the molecule is CCOc1ccc(-c2[nH]nc3c2C2(C(=O)N(CC(=O)O)c4ccccc42)C(C#N)=C(N)O3)cc1. The Bertz CT molecular complexity index is 1400. The number of hydrogen-bond donors (Lipinski definition) is 3. The molecule has 1 spiro atoms. The number of rotatable bonds is 5. The molecule has 2 aromatic carbocycles. The molecule has 170 valence electrons. The number of nitriles is 1. The maximum Gasteiger partial charge on any atom is 0.323 e. The van der Waals surface area contributed by atoms with Crippen LogP contribution in [0, 0.1) is 11.3 Å². The minimum atomic E-state index is -1.72. The molecule has 0 saturated carbocycles. The van der Waals surface area contributed by atoms with Crippen molar-refractivity contribution in [3.8, 4) is 29.0 Å². The topological polar surface area (TPSA) is 155 Å². The molecule has 0 aliphatic carbocycles. The van der Waals surface area contributed by atoms with E-state index in [2.05, 4.69) is 10.2 Å². The Morgan fingerprint density at radius 3 is 2.71 bits per heavy atom. The van der Waals surface area contributed by atoms with E-state index in [4.69, 9.17) is 15.2 Å². The minimum absolute atomic E-state index is 0.0423. The smallest absolute Gasteiger partial charge is 0.323 e. The Morgan fingerprint density at radius 2 is 2.03 bits per heavy atom. The first-order valence-corrected chi connectivity index (χ1v) is 10.5. The number of carbonyl (C=O) groups is 2. The van der Waals surface area contributed by atoms with Crippen molar-refractivity contribution < 1.29 is 24.2 Å². The summed E-state index contributed by atoms with van der Waals surface area (Å²) >= 11 is 0. The van der Waals surface area contributed by atoms with Gasteiger partial charge in [0.25, 0.3) is 0 Å². The van der Waals surface area contributed by atoms with Crippen LogP contribution in [0.5, 0.6) is 11.6 Å². The van der Waals surface area contributed by atoms with Gasteiger partial charge in [-0.15, -0.1) is 5.10 Å². The zero-order chi connectivity index (χ0) is 24.0. The fourth-order valence-electron chi connectivity index (χ4n) is 4.67. The van der Waals surface area contributed by atoms with Gasteiger partial charge in [0, 0.05) is 16.8 Å². The highest BCUT2D eigenvalue weighted by Gasteiger charge is 2.61. The van der Waals surface area contributed by atoms with Crippen molar-refractivity contribution in [1.82, 2.24) is 10.2 Å². The van der Waals surface area contributed by atoms with E-state index in [1.807, 2.05) is 13.0 Å². The molecule has 34 heavy (non-hydrogen) atoms. The van der Waals surface area contributed by atoms with Crippen molar-refractivity contribution >= 4 is 17.6 Å². The van der Waals surface area contributed by atoms with Gasteiger partial charge in [-0.2, -0.15) is 5.26 Å². The number of carbonyl (C=O) groups excluding carboxylic acids is 1. The summed E-state index contributed by atoms with van der Waals surface area (Å²) in [5.74, 6) is -1.36. The van der Waals surface area contributed by atoms with Crippen LogP contribution in [0.2, 0.25) is 0 Å². The fourth-order valence-corrected chi connectivity index (χ4v) is 4.67. The maximum atomic E-state index is 14.1. The molecule has 1 aromatic heterocycles. The number of fused-ring (bicyclic) bond motifs is 4. The number of benzene rings is 2. The van der Waals surface area contributed by atoms with Gasteiger partial charge in [0.1, 0.15) is 29.4 Å². The van der Waals surface area contributed by atoms with Crippen molar-refractivity contribution in [1.29, 1.82) is 5.26 Å². The van der Waals surface area contributed by atoms with Gasteiger partial charge in [-0.1, -0.05) is 18.2 Å². The largest absolute Gasteiger partial charge is 0.494 e. The first kappa shape index (κ1) is 21.1. The molecule has 0 radical (unpaired) electrons. The van der Waals surface area contributed by atoms with Gasteiger partial charge in [0.05, 0.1) is 17.9 Å². The number of para-hydroxylation sites is 1. The number of nitrogens with one attached hydrogen (secondary N) is 1. The molecule has 2 aliphatic heterocycles. The molecule has 0 bridgehead atoms. The standard InChI is InChI=1S/C24H19N5O5/c1-2-33-14-9-7-13(8-10-14)20-19-22(28-27-20)34-21(26)16(11-25)24(19)15-5-3-4-6-17(15)29(23(24)32)12-18(30)31/h3-10H,2,12,26H2,1H3,(H,27,28)(H,30,31). The zero-order valence-corrected chi connectivity index (χ0v) is 18.0. The summed E-state index contributed by atoms with van der Waals surface area (Å²) in [6.07, 6.45) is 0. The van der Waals surface area contributed by atoms with Crippen LogP contribution in [0.15, 0.2) is 60.0 Å². The van der Waals surface area contributed by atoms with Crippen LogP contribution in [0.25, 0.3) is 11.3 Å². The summed E-state index contributed by atoms with van der Waals surface area (Å²) in [4.78, 5) is 26.8. The van der Waals surface area contributed by atoms with Crippen LogP contribution in [0.4, 0.5) is 5.69 Å². The second-order valence-electron chi connectivity index (χ2n) is 7.74. The first-order valence-electron chi connectivity index (χ1n) is 10.5. The number of carboxylic acids is 1. The molecule has 3 heterocycles. The lowest BCUT2D eigenvalue weighted by molar-refractivity contribution is -0.136. The van der Waals surface area contributed by atoms with Crippen LogP contribution in [0.1, 0.15) is 18.1 Å². The van der Waals surface area contributed by atoms with E-state index < -0.39 is 23.8 Å². The monoisotopic (exact) mass is 457 g/mol. The molecule has 2 aliphatic rings. The fraction of sp³-hybridized carbons (Fsp3) is 0.167. The summed E-state index contributed by atoms with van der Waals surface area (Å²) < 4.78 is 11.2. The van der Waals surface area contributed by atoms with Crippen LogP contribution in [-0.2, 0) is 15.0 Å². The Morgan fingerprint density at radius 1 is 1.29 bits per heavy atom. The predicted octanol–water partition coefficient (Wildman–Crippen LogP) is 2.28. The number of anilines is 1. The van der Waals surface area contributed by atoms with E-state index >= 15 is 0 Å². The zero-order valence-electron chi connectivity index (χ0n) is 18.0. The van der Waals surface area contributed by atoms with Crippen molar-refractivity contribution in [3.63, 3.8) is 0 Å². The highest BCUT2D eigenvalue weighted by atomic mass is 16.5. The molecule has 1 atom stereocenters. The Labute approximate surface area is 193 Å². The van der Waals surface area contributed by atoms with Crippen molar-refractivity contribution in [2.24, 2.45) is 5.73 Å². The van der Waals surface area contributed by atoms with E-state index in [0.29, 0.717) is 40.4 Å². The summed E-state index contributed by atoms with van der Waals surface area (Å²) in [5, 5.41) is 26.7. The number of hydrogen-bond acceptors (Lipinski definition) is 7. The lowest BCUT2D eigenvalue weighted by Gasteiger charge is -2.32. The average molecular weight is 457 g/mol. The van der Waals surface area contributed by atoms with Crippen LogP contribution in [-0.4, -0.2) is 40.3 Å². The van der Waals surface area contributed by atoms with E-state index in [0.717, 1.165) is 4.90 Å². The Hall–Kier alpha value is -4.78. The first-order chi connectivity index (χ1) is 16.4. The second-order valence-corrected chi connectivity index (χ2v) is 7.74.